The minimum Gasteiger partial charge on any atom is -0.481 e. The fraction of sp³-hybridized carbons (Fsp3) is 0.471. The third-order valence-electron chi connectivity index (χ3n) is 4.08. The van der Waals surface area contributed by atoms with Gasteiger partial charge in [-0.15, -0.1) is 0 Å². The van der Waals surface area contributed by atoms with E-state index in [9.17, 15) is 14.4 Å². The maximum absolute atomic E-state index is 12.5. The highest BCUT2D eigenvalue weighted by Crippen LogP contribution is 2.22. The van der Waals surface area contributed by atoms with Crippen LogP contribution in [-0.4, -0.2) is 40.9 Å². The molecule has 124 valence electrons. The molecule has 6 heteroatoms. The van der Waals surface area contributed by atoms with Crippen molar-refractivity contribution in [3.8, 4) is 0 Å². The van der Waals surface area contributed by atoms with Crippen LogP contribution in [0.25, 0.3) is 0 Å². The Morgan fingerprint density at radius 1 is 1.30 bits per heavy atom. The number of nitrogens with one attached hydrogen (secondary N) is 1. The predicted molar refractivity (Wildman–Crippen MR) is 84.6 cm³/mol. The Morgan fingerprint density at radius 3 is 2.61 bits per heavy atom. The molecular weight excluding hydrogens is 296 g/mol. The number of hydrogen-bond donors (Lipinski definition) is 2. The summed E-state index contributed by atoms with van der Waals surface area (Å²) in [5.41, 5.74) is 0.864. The summed E-state index contributed by atoms with van der Waals surface area (Å²) in [6.07, 6.45) is 1.43. The fourth-order valence-corrected chi connectivity index (χ4v) is 2.89. The van der Waals surface area contributed by atoms with Crippen molar-refractivity contribution in [3.05, 3.63) is 35.9 Å². The molecule has 0 bridgehead atoms. The molecule has 1 fully saturated rings. The summed E-state index contributed by atoms with van der Waals surface area (Å²) in [6, 6.07) is 8.92. The monoisotopic (exact) mass is 318 g/mol. The molecule has 2 rings (SSSR count). The molecule has 1 aliphatic heterocycles. The topological polar surface area (TPSA) is 86.7 Å². The maximum Gasteiger partial charge on any atom is 0.308 e. The Labute approximate surface area is 135 Å². The van der Waals surface area contributed by atoms with Crippen molar-refractivity contribution < 1.29 is 19.5 Å². The van der Waals surface area contributed by atoms with Gasteiger partial charge in [-0.25, -0.2) is 0 Å². The van der Waals surface area contributed by atoms with Crippen molar-refractivity contribution in [2.24, 2.45) is 5.92 Å². The summed E-state index contributed by atoms with van der Waals surface area (Å²) < 4.78 is 0. The largest absolute Gasteiger partial charge is 0.481 e. The van der Waals surface area contributed by atoms with Crippen LogP contribution in [0.15, 0.2) is 30.3 Å². The molecule has 1 aromatic rings. The van der Waals surface area contributed by atoms with Gasteiger partial charge in [-0.3, -0.25) is 14.4 Å². The zero-order valence-electron chi connectivity index (χ0n) is 13.2. The minimum atomic E-state index is -0.857. The van der Waals surface area contributed by atoms with Crippen molar-refractivity contribution in [2.45, 2.75) is 32.2 Å². The second-order valence-corrected chi connectivity index (χ2v) is 5.89. The lowest BCUT2D eigenvalue weighted by Crippen LogP contribution is -2.43. The highest BCUT2D eigenvalue weighted by molar-refractivity contribution is 5.80. The first-order valence-corrected chi connectivity index (χ1v) is 7.80. The number of nitrogens with zero attached hydrogens (tertiary/aromatic N) is 1. The van der Waals surface area contributed by atoms with Gasteiger partial charge in [-0.2, -0.15) is 0 Å². The number of aliphatic carboxylic acids is 1. The van der Waals surface area contributed by atoms with Crippen LogP contribution in [0.5, 0.6) is 0 Å². The van der Waals surface area contributed by atoms with Crippen molar-refractivity contribution in [3.63, 3.8) is 0 Å². The summed E-state index contributed by atoms with van der Waals surface area (Å²) in [6.45, 7) is 2.24. The number of carboxylic acid groups (broad SMARTS) is 1. The zero-order valence-corrected chi connectivity index (χ0v) is 13.2. The Kier molecular flexibility index (Phi) is 5.73. The van der Waals surface area contributed by atoms with Gasteiger partial charge in [-0.1, -0.05) is 30.3 Å². The summed E-state index contributed by atoms with van der Waals surface area (Å²) in [5.74, 6) is -1.68. The Hall–Kier alpha value is -2.37. The van der Waals surface area contributed by atoms with Crippen LogP contribution < -0.4 is 5.32 Å². The number of carbonyl (C=O) groups excluding carboxylic acids is 2. The molecule has 2 amide bonds. The van der Waals surface area contributed by atoms with E-state index in [2.05, 4.69) is 5.32 Å². The standard InChI is InChI=1S/C17H22N2O4/c1-12(20)18-15(13-6-3-2-4-7-13)10-16(21)19-9-5-8-14(11-19)17(22)23/h2-4,6-7,14-15H,5,8-11H2,1H3,(H,18,20)(H,22,23)/t14-,15-/m1/s1. The normalized spacial score (nSPS) is 19.0. The minimum absolute atomic E-state index is 0.126. The van der Waals surface area contributed by atoms with E-state index in [1.807, 2.05) is 30.3 Å². The second kappa shape index (κ2) is 7.76. The molecule has 1 aliphatic rings. The quantitative estimate of drug-likeness (QED) is 0.863. The zero-order chi connectivity index (χ0) is 16.8. The third-order valence-corrected chi connectivity index (χ3v) is 4.08. The average Bonchev–Trinajstić information content (AvgIpc) is 2.54. The number of carbonyl (C=O) groups is 3. The lowest BCUT2D eigenvalue weighted by atomic mass is 9.97. The smallest absolute Gasteiger partial charge is 0.308 e. The van der Waals surface area contributed by atoms with Gasteiger partial charge in [0.05, 0.1) is 18.4 Å². The maximum atomic E-state index is 12.5. The summed E-state index contributed by atoms with van der Waals surface area (Å²) in [5, 5.41) is 11.9. The van der Waals surface area contributed by atoms with Gasteiger partial charge in [0.25, 0.3) is 0 Å². The van der Waals surface area contributed by atoms with Crippen molar-refractivity contribution in [1.82, 2.24) is 10.2 Å². The summed E-state index contributed by atoms with van der Waals surface area (Å²) >= 11 is 0. The lowest BCUT2D eigenvalue weighted by Gasteiger charge is -2.32. The molecule has 0 unspecified atom stereocenters. The number of likely N-dealkylation sites (tertiary alicyclic amines) is 1. The molecule has 23 heavy (non-hydrogen) atoms. The second-order valence-electron chi connectivity index (χ2n) is 5.89. The van der Waals surface area contributed by atoms with E-state index >= 15 is 0 Å². The van der Waals surface area contributed by atoms with Gasteiger partial charge in [0.15, 0.2) is 0 Å². The highest BCUT2D eigenvalue weighted by atomic mass is 16.4. The van der Waals surface area contributed by atoms with Crippen LogP contribution in [0.2, 0.25) is 0 Å². The molecular formula is C17H22N2O4. The molecule has 0 saturated carbocycles. The molecule has 1 saturated heterocycles. The SMILES string of the molecule is CC(=O)N[C@H](CC(=O)N1CCC[C@@H](C(=O)O)C1)c1ccccc1. The first-order chi connectivity index (χ1) is 11.0. The van der Waals surface area contributed by atoms with Crippen LogP contribution in [0.3, 0.4) is 0 Å². The van der Waals surface area contributed by atoms with E-state index in [-0.39, 0.29) is 24.8 Å². The van der Waals surface area contributed by atoms with Crippen LogP contribution >= 0.6 is 0 Å². The van der Waals surface area contributed by atoms with Crippen LogP contribution in [0.1, 0.15) is 37.8 Å². The molecule has 6 nitrogen and oxygen atoms in total. The van der Waals surface area contributed by atoms with Gasteiger partial charge in [-0.05, 0) is 18.4 Å². The molecule has 0 spiro atoms. The first kappa shape index (κ1) is 17.0. The summed E-state index contributed by atoms with van der Waals surface area (Å²) in [4.78, 5) is 36.6. The first-order valence-electron chi connectivity index (χ1n) is 7.80. The van der Waals surface area contributed by atoms with Crippen LogP contribution in [-0.2, 0) is 14.4 Å². The van der Waals surface area contributed by atoms with Gasteiger partial charge in [0.2, 0.25) is 11.8 Å². The molecule has 2 N–H and O–H groups in total. The van der Waals surface area contributed by atoms with Crippen molar-refractivity contribution in [2.75, 3.05) is 13.1 Å². The molecule has 0 aliphatic carbocycles. The van der Waals surface area contributed by atoms with E-state index in [4.69, 9.17) is 5.11 Å². The van der Waals surface area contributed by atoms with E-state index in [1.165, 1.54) is 6.92 Å². The number of benzene rings is 1. The van der Waals surface area contributed by atoms with E-state index < -0.39 is 17.9 Å². The number of hydrogen-bond acceptors (Lipinski definition) is 3. The number of piperidine rings is 1. The van der Waals surface area contributed by atoms with E-state index in [1.54, 1.807) is 4.90 Å². The third kappa shape index (κ3) is 4.81. The van der Waals surface area contributed by atoms with Crippen LogP contribution in [0.4, 0.5) is 0 Å². The number of amides is 2. The molecule has 1 aromatic carbocycles. The van der Waals surface area contributed by atoms with E-state index in [0.29, 0.717) is 19.4 Å². The number of carboxylic acids is 1. The van der Waals surface area contributed by atoms with Crippen molar-refractivity contribution >= 4 is 17.8 Å². The van der Waals surface area contributed by atoms with E-state index in [0.717, 1.165) is 5.56 Å². The van der Waals surface area contributed by atoms with Crippen molar-refractivity contribution in [1.29, 1.82) is 0 Å². The Bertz CT molecular complexity index is 573. The predicted octanol–water partition coefficient (Wildman–Crippen LogP) is 1.58. The van der Waals surface area contributed by atoms with Crippen LogP contribution in [0, 0.1) is 5.92 Å². The summed E-state index contributed by atoms with van der Waals surface area (Å²) in [7, 11) is 0. The average molecular weight is 318 g/mol. The van der Waals surface area contributed by atoms with Gasteiger partial charge >= 0.3 is 5.97 Å². The molecule has 0 radical (unpaired) electrons. The Balaban J connectivity index is 2.05. The fourth-order valence-electron chi connectivity index (χ4n) is 2.89. The van der Waals surface area contributed by atoms with Gasteiger partial charge in [0.1, 0.15) is 0 Å². The molecule has 1 heterocycles. The molecule has 0 aromatic heterocycles. The Morgan fingerprint density at radius 2 is 2.00 bits per heavy atom. The van der Waals surface area contributed by atoms with Gasteiger partial charge in [0, 0.05) is 20.0 Å². The number of rotatable bonds is 5. The highest BCUT2D eigenvalue weighted by Gasteiger charge is 2.29. The lowest BCUT2D eigenvalue weighted by molar-refractivity contribution is -0.145. The molecule has 2 atom stereocenters. The van der Waals surface area contributed by atoms with Gasteiger partial charge < -0.3 is 15.3 Å².